The molecule has 6 nitrogen and oxygen atoms in total. The van der Waals surface area contributed by atoms with Crippen LogP contribution in [0.5, 0.6) is 5.75 Å². The van der Waals surface area contributed by atoms with Gasteiger partial charge in [-0.1, -0.05) is 11.6 Å². The molecule has 2 rings (SSSR count). The molecule has 1 N–H and O–H groups in total. The van der Waals surface area contributed by atoms with Gasteiger partial charge in [0, 0.05) is 5.02 Å². The van der Waals surface area contributed by atoms with Gasteiger partial charge in [0.2, 0.25) is 5.91 Å². The number of hydrogen-bond donors (Lipinski definition) is 1. The normalized spacial score (nSPS) is 17.4. The molecule has 0 spiro atoms. The number of imide groups is 1. The van der Waals surface area contributed by atoms with Crippen molar-refractivity contribution in [3.8, 4) is 5.75 Å². The van der Waals surface area contributed by atoms with Gasteiger partial charge in [-0.15, -0.1) is 0 Å². The lowest BCUT2D eigenvalue weighted by Crippen LogP contribution is -2.66. The summed E-state index contributed by atoms with van der Waals surface area (Å²) in [6.45, 7) is 2.73. The lowest BCUT2D eigenvalue weighted by Gasteiger charge is -2.39. The predicted molar refractivity (Wildman–Crippen MR) is 75.9 cm³/mol. The quantitative estimate of drug-likeness (QED) is 0.845. The zero-order valence-electron chi connectivity index (χ0n) is 11.7. The number of carbonyl (C=O) groups excluding carboxylic acids is 3. The van der Waals surface area contributed by atoms with Gasteiger partial charge < -0.3 is 9.64 Å². The van der Waals surface area contributed by atoms with Gasteiger partial charge in [-0.05, 0) is 38.1 Å². The minimum atomic E-state index is -1.09. The summed E-state index contributed by atoms with van der Waals surface area (Å²) in [6.07, 6.45) is 0. The highest BCUT2D eigenvalue weighted by Crippen LogP contribution is 2.19. The average molecular weight is 311 g/mol. The van der Waals surface area contributed by atoms with Crippen molar-refractivity contribution in [2.24, 2.45) is 0 Å². The van der Waals surface area contributed by atoms with E-state index in [-0.39, 0.29) is 13.2 Å². The number of halogens is 1. The lowest BCUT2D eigenvalue weighted by atomic mass is 9.98. The van der Waals surface area contributed by atoms with Crippen molar-refractivity contribution in [3.05, 3.63) is 29.3 Å². The summed E-state index contributed by atoms with van der Waals surface area (Å²) in [5, 5.41) is 2.77. The van der Waals surface area contributed by atoms with Crippen molar-refractivity contribution in [1.29, 1.82) is 0 Å². The maximum atomic E-state index is 12.2. The summed E-state index contributed by atoms with van der Waals surface area (Å²) in [5.74, 6) is -0.950. The Hall–Kier alpha value is -2.08. The fraction of sp³-hybridized carbons (Fsp3) is 0.357. The Kier molecular flexibility index (Phi) is 4.18. The summed E-state index contributed by atoms with van der Waals surface area (Å²) in [6, 6.07) is 6.55. The van der Waals surface area contributed by atoms with E-state index < -0.39 is 23.3 Å². The van der Waals surface area contributed by atoms with E-state index in [0.717, 1.165) is 0 Å². The molecule has 0 saturated carbocycles. The highest BCUT2D eigenvalue weighted by molar-refractivity contribution is 6.30. The second-order valence-electron chi connectivity index (χ2n) is 5.16. The Morgan fingerprint density at radius 3 is 2.57 bits per heavy atom. The van der Waals surface area contributed by atoms with Crippen LogP contribution in [0, 0.1) is 0 Å². The molecular weight excluding hydrogens is 296 g/mol. The van der Waals surface area contributed by atoms with Gasteiger partial charge >= 0.3 is 0 Å². The molecule has 1 heterocycles. The van der Waals surface area contributed by atoms with Crippen molar-refractivity contribution < 1.29 is 19.1 Å². The van der Waals surface area contributed by atoms with Crippen LogP contribution in [-0.2, 0) is 14.4 Å². The van der Waals surface area contributed by atoms with Crippen LogP contribution in [0.4, 0.5) is 0 Å². The standard InChI is InChI=1S/C14H15ClN2O4/c1-14(2)13(20)16-11(18)7-17(14)12(19)8-21-10-5-3-9(15)4-6-10/h3-6H,7-8H2,1-2H3,(H,16,18,20). The van der Waals surface area contributed by atoms with Crippen LogP contribution >= 0.6 is 11.6 Å². The second-order valence-corrected chi connectivity index (χ2v) is 5.60. The van der Waals surface area contributed by atoms with Crippen LogP contribution in [0.2, 0.25) is 5.02 Å². The van der Waals surface area contributed by atoms with Crippen molar-refractivity contribution in [1.82, 2.24) is 10.2 Å². The highest BCUT2D eigenvalue weighted by atomic mass is 35.5. The number of piperazine rings is 1. The summed E-state index contributed by atoms with van der Waals surface area (Å²) in [4.78, 5) is 36.6. The third kappa shape index (κ3) is 3.33. The van der Waals surface area contributed by atoms with Crippen LogP contribution in [0.15, 0.2) is 24.3 Å². The first kappa shape index (κ1) is 15.3. The van der Waals surface area contributed by atoms with E-state index >= 15 is 0 Å². The number of hydrogen-bond acceptors (Lipinski definition) is 4. The Morgan fingerprint density at radius 1 is 1.33 bits per heavy atom. The van der Waals surface area contributed by atoms with Gasteiger partial charge in [0.15, 0.2) is 6.61 Å². The lowest BCUT2D eigenvalue weighted by molar-refractivity contribution is -0.156. The van der Waals surface area contributed by atoms with E-state index in [9.17, 15) is 14.4 Å². The smallest absolute Gasteiger partial charge is 0.261 e. The second kappa shape index (κ2) is 5.73. The van der Waals surface area contributed by atoms with E-state index in [0.29, 0.717) is 10.8 Å². The van der Waals surface area contributed by atoms with E-state index in [1.54, 1.807) is 38.1 Å². The van der Waals surface area contributed by atoms with Gasteiger partial charge in [0.25, 0.3) is 11.8 Å². The Morgan fingerprint density at radius 2 is 1.95 bits per heavy atom. The zero-order valence-corrected chi connectivity index (χ0v) is 12.4. The number of carbonyl (C=O) groups is 3. The molecule has 1 saturated heterocycles. The minimum Gasteiger partial charge on any atom is -0.484 e. The Bertz CT molecular complexity index is 583. The fourth-order valence-corrected chi connectivity index (χ4v) is 2.06. The maximum absolute atomic E-state index is 12.2. The number of rotatable bonds is 3. The molecule has 1 aromatic rings. The molecule has 0 radical (unpaired) electrons. The molecular formula is C14H15ClN2O4. The van der Waals surface area contributed by atoms with E-state index in [2.05, 4.69) is 5.32 Å². The Balaban J connectivity index is 2.03. The molecule has 3 amide bonds. The van der Waals surface area contributed by atoms with Gasteiger partial charge in [-0.3, -0.25) is 19.7 Å². The van der Waals surface area contributed by atoms with Gasteiger partial charge in [0.05, 0.1) is 0 Å². The van der Waals surface area contributed by atoms with Gasteiger partial charge in [-0.2, -0.15) is 0 Å². The fourth-order valence-electron chi connectivity index (χ4n) is 1.94. The van der Waals surface area contributed by atoms with Crippen molar-refractivity contribution >= 4 is 29.3 Å². The monoisotopic (exact) mass is 310 g/mol. The number of amides is 3. The molecule has 112 valence electrons. The first-order valence-corrected chi connectivity index (χ1v) is 6.71. The summed E-state index contributed by atoms with van der Waals surface area (Å²) in [5.41, 5.74) is -1.09. The zero-order chi connectivity index (χ0) is 15.6. The summed E-state index contributed by atoms with van der Waals surface area (Å²) < 4.78 is 5.35. The Labute approximate surface area is 127 Å². The van der Waals surface area contributed by atoms with Crippen molar-refractivity contribution in [3.63, 3.8) is 0 Å². The largest absolute Gasteiger partial charge is 0.484 e. The van der Waals surface area contributed by atoms with Crippen LogP contribution in [0.25, 0.3) is 0 Å². The molecule has 1 fully saturated rings. The first-order chi connectivity index (χ1) is 9.80. The van der Waals surface area contributed by atoms with Crippen molar-refractivity contribution in [2.45, 2.75) is 19.4 Å². The molecule has 0 unspecified atom stereocenters. The predicted octanol–water partition coefficient (Wildman–Crippen LogP) is 0.982. The third-order valence-corrected chi connectivity index (χ3v) is 3.51. The summed E-state index contributed by atoms with van der Waals surface area (Å²) in [7, 11) is 0. The molecule has 7 heteroatoms. The van der Waals surface area contributed by atoms with Gasteiger partial charge in [0.1, 0.15) is 17.8 Å². The third-order valence-electron chi connectivity index (χ3n) is 3.26. The minimum absolute atomic E-state index is 0.165. The number of nitrogens with zero attached hydrogens (tertiary/aromatic N) is 1. The molecule has 0 atom stereocenters. The van der Waals surface area contributed by atoms with Crippen LogP contribution < -0.4 is 10.1 Å². The number of nitrogens with one attached hydrogen (secondary N) is 1. The van der Waals surface area contributed by atoms with Crippen LogP contribution in [-0.4, -0.2) is 41.3 Å². The van der Waals surface area contributed by atoms with Crippen molar-refractivity contribution in [2.75, 3.05) is 13.2 Å². The SMILES string of the molecule is CC1(C)C(=O)NC(=O)CN1C(=O)COc1ccc(Cl)cc1. The average Bonchev–Trinajstić information content (AvgIpc) is 2.42. The van der Waals surface area contributed by atoms with Gasteiger partial charge in [-0.25, -0.2) is 0 Å². The highest BCUT2D eigenvalue weighted by Gasteiger charge is 2.43. The van der Waals surface area contributed by atoms with Crippen LogP contribution in [0.1, 0.15) is 13.8 Å². The molecule has 1 aromatic carbocycles. The van der Waals surface area contributed by atoms with E-state index in [4.69, 9.17) is 16.3 Å². The summed E-state index contributed by atoms with van der Waals surface area (Å²) >= 11 is 5.75. The molecule has 1 aliphatic heterocycles. The topological polar surface area (TPSA) is 75.7 Å². The van der Waals surface area contributed by atoms with E-state index in [1.807, 2.05) is 0 Å². The first-order valence-electron chi connectivity index (χ1n) is 6.34. The molecule has 0 aliphatic carbocycles. The maximum Gasteiger partial charge on any atom is 0.261 e. The molecule has 21 heavy (non-hydrogen) atoms. The van der Waals surface area contributed by atoms with E-state index in [1.165, 1.54) is 4.90 Å². The van der Waals surface area contributed by atoms with Crippen LogP contribution in [0.3, 0.4) is 0 Å². The number of benzene rings is 1. The molecule has 0 aromatic heterocycles. The number of ether oxygens (including phenoxy) is 1. The molecule has 1 aliphatic rings. The molecule has 0 bridgehead atoms.